The maximum atomic E-state index is 5.21. The Balaban J connectivity index is 1.16. The van der Waals surface area contributed by atoms with Gasteiger partial charge in [-0.05, 0) is 41.5 Å². The Morgan fingerprint density at radius 3 is 1.03 bits per heavy atom. The van der Waals surface area contributed by atoms with Crippen LogP contribution in [0.15, 0.2) is 212 Å². The molecule has 0 amide bonds. The number of hydrogen-bond acceptors (Lipinski definition) is 6. The molecule has 0 fully saturated rings. The predicted octanol–water partition coefficient (Wildman–Crippen LogP) is 12.8. The number of fused-ring (bicyclic) bond motifs is 3. The second-order valence-corrected chi connectivity index (χ2v) is 14.7. The van der Waals surface area contributed by atoms with E-state index in [0.29, 0.717) is 34.9 Å². The molecule has 286 valence electrons. The Kier molecular flexibility index (Phi) is 9.02. The molecule has 61 heavy (non-hydrogen) atoms. The van der Waals surface area contributed by atoms with Crippen LogP contribution in [0.5, 0.6) is 0 Å². The second-order valence-electron chi connectivity index (χ2n) is 14.7. The Morgan fingerprint density at radius 2 is 0.574 bits per heavy atom. The zero-order valence-electron chi connectivity index (χ0n) is 32.8. The molecule has 0 aliphatic heterocycles. The summed E-state index contributed by atoms with van der Waals surface area (Å²) in [5, 5.41) is 2.13. The largest absolute Gasteiger partial charge is 0.309 e. The minimum Gasteiger partial charge on any atom is -0.309 e. The highest BCUT2D eigenvalue weighted by Gasteiger charge is 2.22. The van der Waals surface area contributed by atoms with Gasteiger partial charge in [-0.1, -0.05) is 182 Å². The van der Waals surface area contributed by atoms with Gasteiger partial charge in [0, 0.05) is 49.8 Å². The maximum Gasteiger partial charge on any atom is 0.164 e. The van der Waals surface area contributed by atoms with E-state index in [9.17, 15) is 0 Å². The Hall–Kier alpha value is -8.42. The summed E-state index contributed by atoms with van der Waals surface area (Å²) in [5.74, 6) is 3.66. The van der Waals surface area contributed by atoms with E-state index in [-0.39, 0.29) is 0 Å². The molecule has 0 spiro atoms. The molecule has 7 heteroatoms. The Morgan fingerprint density at radius 1 is 0.246 bits per heavy atom. The van der Waals surface area contributed by atoms with Gasteiger partial charge in [-0.25, -0.2) is 29.9 Å². The molecule has 0 N–H and O–H groups in total. The van der Waals surface area contributed by atoms with Gasteiger partial charge in [0.1, 0.15) is 0 Å². The third-order valence-corrected chi connectivity index (χ3v) is 10.9. The molecule has 11 rings (SSSR count). The van der Waals surface area contributed by atoms with Crippen LogP contribution in [-0.4, -0.2) is 34.5 Å². The van der Waals surface area contributed by atoms with Crippen molar-refractivity contribution < 1.29 is 0 Å². The fourth-order valence-corrected chi connectivity index (χ4v) is 8.08. The van der Waals surface area contributed by atoms with Crippen LogP contribution in [0.2, 0.25) is 0 Å². The summed E-state index contributed by atoms with van der Waals surface area (Å²) in [6.07, 6.45) is 0. The van der Waals surface area contributed by atoms with Crippen molar-refractivity contribution >= 4 is 21.8 Å². The summed E-state index contributed by atoms with van der Waals surface area (Å²) in [5.41, 5.74) is 10.7. The van der Waals surface area contributed by atoms with E-state index < -0.39 is 0 Å². The molecule has 0 atom stereocenters. The molecular weight excluding hydrogens is 747 g/mol. The summed E-state index contributed by atoms with van der Waals surface area (Å²) in [6.45, 7) is 0. The van der Waals surface area contributed by atoms with Crippen molar-refractivity contribution in [1.29, 1.82) is 0 Å². The van der Waals surface area contributed by atoms with Gasteiger partial charge in [-0.3, -0.25) is 0 Å². The van der Waals surface area contributed by atoms with Gasteiger partial charge in [0.15, 0.2) is 34.9 Å². The molecular formula is C54H35N7. The minimum absolute atomic E-state index is 0.598. The number of aromatic nitrogens is 7. The Bertz CT molecular complexity index is 3220. The quantitative estimate of drug-likeness (QED) is 0.153. The molecule has 0 saturated heterocycles. The van der Waals surface area contributed by atoms with Gasteiger partial charge >= 0.3 is 0 Å². The minimum atomic E-state index is 0.598. The molecule has 0 radical (unpaired) electrons. The molecule has 8 aromatic carbocycles. The van der Waals surface area contributed by atoms with Gasteiger partial charge in [-0.2, -0.15) is 0 Å². The fourth-order valence-electron chi connectivity index (χ4n) is 8.08. The highest BCUT2D eigenvalue weighted by molar-refractivity contribution is 6.20. The van der Waals surface area contributed by atoms with E-state index >= 15 is 0 Å². The first-order valence-corrected chi connectivity index (χ1v) is 20.2. The lowest BCUT2D eigenvalue weighted by molar-refractivity contribution is 1.07. The monoisotopic (exact) mass is 781 g/mol. The molecule has 7 nitrogen and oxygen atoms in total. The van der Waals surface area contributed by atoms with Crippen LogP contribution in [0.1, 0.15) is 0 Å². The van der Waals surface area contributed by atoms with E-state index in [2.05, 4.69) is 89.5 Å². The van der Waals surface area contributed by atoms with Crippen LogP contribution < -0.4 is 0 Å². The number of nitrogens with zero attached hydrogens (tertiary/aromatic N) is 7. The van der Waals surface area contributed by atoms with Gasteiger partial charge in [0.25, 0.3) is 0 Å². The predicted molar refractivity (Wildman–Crippen MR) is 246 cm³/mol. The van der Waals surface area contributed by atoms with E-state index in [1.807, 2.05) is 127 Å². The third-order valence-electron chi connectivity index (χ3n) is 10.9. The molecule has 3 aromatic heterocycles. The van der Waals surface area contributed by atoms with Crippen LogP contribution in [0.25, 0.3) is 107 Å². The van der Waals surface area contributed by atoms with Gasteiger partial charge in [0.2, 0.25) is 0 Å². The van der Waals surface area contributed by atoms with E-state index in [4.69, 9.17) is 29.9 Å². The maximum absolute atomic E-state index is 5.21. The molecule has 0 aliphatic rings. The topological polar surface area (TPSA) is 82.3 Å². The highest BCUT2D eigenvalue weighted by Crippen LogP contribution is 2.43. The Labute approximate surface area is 352 Å². The van der Waals surface area contributed by atoms with Crippen molar-refractivity contribution in [1.82, 2.24) is 34.5 Å². The number of rotatable bonds is 8. The van der Waals surface area contributed by atoms with E-state index in [0.717, 1.165) is 72.0 Å². The smallest absolute Gasteiger partial charge is 0.164 e. The fraction of sp³-hybridized carbons (Fsp3) is 0. The van der Waals surface area contributed by atoms with Crippen LogP contribution in [-0.2, 0) is 0 Å². The zero-order valence-corrected chi connectivity index (χ0v) is 32.8. The summed E-state index contributed by atoms with van der Waals surface area (Å²) >= 11 is 0. The van der Waals surface area contributed by atoms with Crippen molar-refractivity contribution in [3.63, 3.8) is 0 Å². The van der Waals surface area contributed by atoms with E-state index in [1.54, 1.807) is 0 Å². The average Bonchev–Trinajstić information content (AvgIpc) is 3.70. The molecule has 0 bridgehead atoms. The van der Waals surface area contributed by atoms with Crippen molar-refractivity contribution in [2.24, 2.45) is 0 Å². The first-order chi connectivity index (χ1) is 30.2. The number of hydrogen-bond donors (Lipinski definition) is 0. The summed E-state index contributed by atoms with van der Waals surface area (Å²) < 4.78 is 2.34. The van der Waals surface area contributed by atoms with Gasteiger partial charge in [0.05, 0.1) is 11.0 Å². The summed E-state index contributed by atoms with van der Waals surface area (Å²) in [6, 6.07) is 72.3. The zero-order chi connectivity index (χ0) is 40.5. The van der Waals surface area contributed by atoms with Crippen molar-refractivity contribution in [3.8, 4) is 85.1 Å². The van der Waals surface area contributed by atoms with Crippen LogP contribution in [0, 0.1) is 0 Å². The highest BCUT2D eigenvalue weighted by atomic mass is 15.0. The van der Waals surface area contributed by atoms with Crippen LogP contribution in [0.3, 0.4) is 0 Å². The third kappa shape index (κ3) is 6.70. The first kappa shape index (κ1) is 35.7. The molecule has 11 aromatic rings. The van der Waals surface area contributed by atoms with E-state index in [1.165, 1.54) is 0 Å². The molecule has 0 aliphatic carbocycles. The lowest BCUT2D eigenvalue weighted by atomic mass is 9.96. The lowest BCUT2D eigenvalue weighted by Crippen LogP contribution is -2.00. The summed E-state index contributed by atoms with van der Waals surface area (Å²) in [4.78, 5) is 30.5. The first-order valence-electron chi connectivity index (χ1n) is 20.2. The standard InChI is InChI=1S/C54H35N7/c1-6-19-36(20-7-1)49-55-50(37-21-8-2-9-22-37)58-53(57-49)41-28-16-27-40(35-41)43-31-17-33-45-47(43)48-44(32-18-34-46(48)61(45)42-29-14-5-15-30-42)54-59-51(38-23-10-3-11-24-38)56-52(60-54)39-25-12-4-13-26-39/h1-35H. The van der Waals surface area contributed by atoms with Crippen LogP contribution in [0.4, 0.5) is 0 Å². The second kappa shape index (κ2) is 15.4. The lowest BCUT2D eigenvalue weighted by Gasteiger charge is -2.11. The van der Waals surface area contributed by atoms with Gasteiger partial charge in [-0.15, -0.1) is 0 Å². The van der Waals surface area contributed by atoms with Crippen molar-refractivity contribution in [2.75, 3.05) is 0 Å². The van der Waals surface area contributed by atoms with Gasteiger partial charge < -0.3 is 4.57 Å². The normalized spacial score (nSPS) is 11.3. The average molecular weight is 782 g/mol. The molecule has 3 heterocycles. The molecule has 0 unspecified atom stereocenters. The van der Waals surface area contributed by atoms with Crippen LogP contribution >= 0.6 is 0 Å². The molecule has 0 saturated carbocycles. The summed E-state index contributed by atoms with van der Waals surface area (Å²) in [7, 11) is 0. The number of benzene rings is 8. The van der Waals surface area contributed by atoms with Crippen molar-refractivity contribution in [3.05, 3.63) is 212 Å². The number of para-hydroxylation sites is 1. The van der Waals surface area contributed by atoms with Crippen molar-refractivity contribution in [2.45, 2.75) is 0 Å². The SMILES string of the molecule is c1ccc(-c2nc(-c3ccccc3)nc(-c3cccc(-c4cccc5c4c4c(-c6nc(-c7ccccc7)nc(-c7ccccc7)n6)cccc4n5-c4ccccc4)c3)n2)cc1.